The zero-order valence-electron chi connectivity index (χ0n) is 23.9. The molecule has 1 aliphatic rings. The molecule has 0 radical (unpaired) electrons. The largest absolute Gasteiger partial charge is 0.456 e. The second kappa shape index (κ2) is 8.95. The molecular formula is C42H26O2. The Morgan fingerprint density at radius 2 is 1.05 bits per heavy atom. The molecule has 0 bridgehead atoms. The van der Waals surface area contributed by atoms with Gasteiger partial charge in [0.2, 0.25) is 0 Å². The van der Waals surface area contributed by atoms with Crippen LogP contribution >= 0.6 is 0 Å². The molecule has 0 saturated heterocycles. The van der Waals surface area contributed by atoms with Gasteiger partial charge in [0.15, 0.2) is 0 Å². The Labute approximate surface area is 252 Å². The minimum Gasteiger partial charge on any atom is -0.456 e. The molecule has 0 unspecified atom stereocenters. The lowest BCUT2D eigenvalue weighted by atomic mass is 9.85. The minimum absolute atomic E-state index is 0.882. The second-order valence-corrected chi connectivity index (χ2v) is 11.9. The number of para-hydroxylation sites is 1. The maximum Gasteiger partial charge on any atom is 0.136 e. The summed E-state index contributed by atoms with van der Waals surface area (Å²) in [5.74, 6) is 0. The van der Waals surface area contributed by atoms with Crippen molar-refractivity contribution in [1.82, 2.24) is 0 Å². The van der Waals surface area contributed by atoms with Crippen molar-refractivity contribution in [3.63, 3.8) is 0 Å². The van der Waals surface area contributed by atoms with Gasteiger partial charge < -0.3 is 8.83 Å². The molecule has 2 nitrogen and oxygen atoms in total. The molecule has 2 heteroatoms. The topological polar surface area (TPSA) is 26.3 Å². The highest BCUT2D eigenvalue weighted by molar-refractivity contribution is 6.20. The highest BCUT2D eigenvalue weighted by Gasteiger charge is 2.21. The van der Waals surface area contributed by atoms with E-state index in [4.69, 9.17) is 8.83 Å². The summed E-state index contributed by atoms with van der Waals surface area (Å²) in [5, 5.41) is 12.1. The molecule has 0 aliphatic heterocycles. The molecule has 0 atom stereocenters. The number of fused-ring (bicyclic) bond motifs is 9. The first-order valence-corrected chi connectivity index (χ1v) is 15.3. The third-order valence-electron chi connectivity index (χ3n) is 9.46. The Morgan fingerprint density at radius 3 is 1.91 bits per heavy atom. The van der Waals surface area contributed by atoms with Crippen molar-refractivity contribution in [3.8, 4) is 22.3 Å². The smallest absolute Gasteiger partial charge is 0.136 e. The third kappa shape index (κ3) is 3.31. The lowest BCUT2D eigenvalue weighted by Crippen LogP contribution is -2.31. The predicted molar refractivity (Wildman–Crippen MR) is 184 cm³/mol. The molecule has 0 amide bonds. The van der Waals surface area contributed by atoms with Crippen LogP contribution in [0.15, 0.2) is 130 Å². The van der Waals surface area contributed by atoms with Gasteiger partial charge in [0.1, 0.15) is 22.3 Å². The van der Waals surface area contributed by atoms with Crippen LogP contribution in [0.3, 0.4) is 0 Å². The second-order valence-electron chi connectivity index (χ2n) is 11.9. The average molecular weight is 563 g/mol. The van der Waals surface area contributed by atoms with E-state index < -0.39 is 0 Å². The van der Waals surface area contributed by atoms with Crippen LogP contribution in [0, 0.1) is 0 Å². The highest BCUT2D eigenvalue weighted by Crippen LogP contribution is 2.42. The monoisotopic (exact) mass is 562 g/mol. The SMILES string of the molecule is C1=c2c(-c3ccc4ccccc4c3)c3ccccc3c(-c3cccc4oc5cc6c(cc5c34)oc3ccccc36)c2=CCC1. The van der Waals surface area contributed by atoms with Gasteiger partial charge in [0.25, 0.3) is 0 Å². The maximum atomic E-state index is 6.57. The summed E-state index contributed by atoms with van der Waals surface area (Å²) >= 11 is 0. The first kappa shape index (κ1) is 23.9. The number of benzene rings is 7. The summed E-state index contributed by atoms with van der Waals surface area (Å²) in [6, 6.07) is 43.5. The van der Waals surface area contributed by atoms with E-state index in [0.717, 1.165) is 56.7 Å². The van der Waals surface area contributed by atoms with E-state index in [0.29, 0.717) is 0 Å². The van der Waals surface area contributed by atoms with Crippen LogP contribution in [0.1, 0.15) is 12.8 Å². The minimum atomic E-state index is 0.882. The summed E-state index contributed by atoms with van der Waals surface area (Å²) in [6.45, 7) is 0. The molecule has 10 rings (SSSR count). The fourth-order valence-corrected chi connectivity index (χ4v) is 7.56. The van der Waals surface area contributed by atoms with Crippen molar-refractivity contribution in [1.29, 1.82) is 0 Å². The van der Waals surface area contributed by atoms with Crippen molar-refractivity contribution < 1.29 is 8.83 Å². The fraction of sp³-hybridized carbons (Fsp3) is 0.0476. The Balaban J connectivity index is 1.33. The third-order valence-corrected chi connectivity index (χ3v) is 9.46. The lowest BCUT2D eigenvalue weighted by molar-refractivity contribution is 0.664. The van der Waals surface area contributed by atoms with Gasteiger partial charge in [0, 0.05) is 21.5 Å². The van der Waals surface area contributed by atoms with Gasteiger partial charge in [-0.1, -0.05) is 103 Å². The van der Waals surface area contributed by atoms with Crippen molar-refractivity contribution in [2.45, 2.75) is 12.8 Å². The predicted octanol–water partition coefficient (Wildman–Crippen LogP) is 10.5. The summed E-state index contributed by atoms with van der Waals surface area (Å²) in [4.78, 5) is 0. The van der Waals surface area contributed by atoms with Gasteiger partial charge in [-0.05, 0) is 97.4 Å². The number of furan rings is 2. The Morgan fingerprint density at radius 1 is 0.409 bits per heavy atom. The molecule has 0 fully saturated rings. The van der Waals surface area contributed by atoms with Crippen LogP contribution < -0.4 is 10.4 Å². The van der Waals surface area contributed by atoms with Crippen LogP contribution in [0.5, 0.6) is 0 Å². The normalized spacial score (nSPS) is 13.2. The van der Waals surface area contributed by atoms with Crippen LogP contribution in [-0.2, 0) is 0 Å². The van der Waals surface area contributed by atoms with Crippen molar-refractivity contribution >= 4 is 77.6 Å². The summed E-state index contributed by atoms with van der Waals surface area (Å²) in [5.41, 5.74) is 8.60. The van der Waals surface area contributed by atoms with E-state index in [1.54, 1.807) is 0 Å². The van der Waals surface area contributed by atoms with Gasteiger partial charge in [-0.3, -0.25) is 0 Å². The van der Waals surface area contributed by atoms with Crippen LogP contribution in [0.2, 0.25) is 0 Å². The maximum absolute atomic E-state index is 6.57. The first-order valence-electron chi connectivity index (χ1n) is 15.3. The zero-order valence-corrected chi connectivity index (χ0v) is 23.9. The molecule has 0 spiro atoms. The Bertz CT molecular complexity index is 2770. The van der Waals surface area contributed by atoms with E-state index in [-0.39, 0.29) is 0 Å². The molecule has 2 heterocycles. The first-order chi connectivity index (χ1) is 21.8. The molecule has 7 aromatic carbocycles. The van der Waals surface area contributed by atoms with E-state index >= 15 is 0 Å². The molecule has 9 aromatic rings. The van der Waals surface area contributed by atoms with Crippen molar-refractivity contribution in [2.75, 3.05) is 0 Å². The quantitative estimate of drug-likeness (QED) is 0.209. The molecule has 206 valence electrons. The van der Waals surface area contributed by atoms with Crippen LogP contribution in [-0.4, -0.2) is 0 Å². The number of hydrogen-bond donors (Lipinski definition) is 0. The number of hydrogen-bond acceptors (Lipinski definition) is 2. The fourth-order valence-electron chi connectivity index (χ4n) is 7.56. The zero-order chi connectivity index (χ0) is 28.8. The average Bonchev–Trinajstić information content (AvgIpc) is 3.63. The summed E-state index contributed by atoms with van der Waals surface area (Å²) < 4.78 is 12.9. The Hall–Kier alpha value is -5.60. The van der Waals surface area contributed by atoms with Crippen molar-refractivity contribution in [2.24, 2.45) is 0 Å². The van der Waals surface area contributed by atoms with Gasteiger partial charge in [-0.2, -0.15) is 0 Å². The highest BCUT2D eigenvalue weighted by atomic mass is 16.3. The molecule has 44 heavy (non-hydrogen) atoms. The lowest BCUT2D eigenvalue weighted by Gasteiger charge is -2.18. The Kier molecular flexibility index (Phi) is 4.86. The van der Waals surface area contributed by atoms with E-state index in [1.807, 2.05) is 12.1 Å². The standard InChI is InChI=1S/C42H26O2/c1-2-11-26-22-27(21-20-25(26)10-1)40-29-13-3-5-15-31(29)41(32-16-6-4-14-30(32)40)33-17-9-19-37-42(33)35-24-38-34(23-39(35)44-37)28-12-7-8-18-36(28)43-38/h1-3,5,7-24H,4,6H2. The van der Waals surface area contributed by atoms with E-state index in [1.165, 1.54) is 54.2 Å². The van der Waals surface area contributed by atoms with Crippen molar-refractivity contribution in [3.05, 3.63) is 132 Å². The summed E-state index contributed by atoms with van der Waals surface area (Å²) in [6.07, 6.45) is 6.95. The molecule has 1 aliphatic carbocycles. The summed E-state index contributed by atoms with van der Waals surface area (Å²) in [7, 11) is 0. The van der Waals surface area contributed by atoms with Gasteiger partial charge >= 0.3 is 0 Å². The van der Waals surface area contributed by atoms with Gasteiger partial charge in [0.05, 0.1) is 0 Å². The molecule has 0 N–H and O–H groups in total. The van der Waals surface area contributed by atoms with Gasteiger partial charge in [-0.15, -0.1) is 0 Å². The molecule has 2 aromatic heterocycles. The van der Waals surface area contributed by atoms with Gasteiger partial charge in [-0.25, -0.2) is 0 Å². The van der Waals surface area contributed by atoms with Crippen LogP contribution in [0.25, 0.3) is 99.8 Å². The van der Waals surface area contributed by atoms with E-state index in [9.17, 15) is 0 Å². The number of rotatable bonds is 2. The van der Waals surface area contributed by atoms with E-state index in [2.05, 4.69) is 121 Å². The molecule has 0 saturated carbocycles. The van der Waals surface area contributed by atoms with Crippen LogP contribution in [0.4, 0.5) is 0 Å². The molecular weight excluding hydrogens is 536 g/mol.